The standard InChI is InChI=1S/C15H20N4O/c1-9-7-11-12(8-17-9)13(16)5-6-14(11)18-10(2)15(20)19(3)4/h5-8,10,18H,16H2,1-4H3. The normalized spacial score (nSPS) is 12.2. The first-order valence-electron chi connectivity index (χ1n) is 6.52. The van der Waals surface area contributed by atoms with Crippen LogP contribution in [0, 0.1) is 6.92 Å². The van der Waals surface area contributed by atoms with E-state index < -0.39 is 0 Å². The molecule has 20 heavy (non-hydrogen) atoms. The van der Waals surface area contributed by atoms with E-state index in [4.69, 9.17) is 5.73 Å². The number of nitrogens with zero attached hydrogens (tertiary/aromatic N) is 2. The Bertz CT molecular complexity index is 652. The van der Waals surface area contributed by atoms with Crippen molar-refractivity contribution >= 4 is 28.1 Å². The molecular formula is C15H20N4O. The highest BCUT2D eigenvalue weighted by molar-refractivity contribution is 6.01. The lowest BCUT2D eigenvalue weighted by molar-refractivity contribution is -0.129. The van der Waals surface area contributed by atoms with Gasteiger partial charge < -0.3 is 16.0 Å². The van der Waals surface area contributed by atoms with Crippen molar-refractivity contribution in [3.05, 3.63) is 30.1 Å². The predicted octanol–water partition coefficient (Wildman–Crippen LogP) is 2.01. The van der Waals surface area contributed by atoms with E-state index in [1.165, 1.54) is 0 Å². The second-order valence-electron chi connectivity index (χ2n) is 5.17. The van der Waals surface area contributed by atoms with Crippen molar-refractivity contribution in [3.63, 3.8) is 0 Å². The van der Waals surface area contributed by atoms with Crippen LogP contribution in [0.2, 0.25) is 0 Å². The van der Waals surface area contributed by atoms with Crippen LogP contribution in [0.4, 0.5) is 11.4 Å². The Labute approximate surface area is 118 Å². The summed E-state index contributed by atoms with van der Waals surface area (Å²) in [5.41, 5.74) is 8.46. The zero-order valence-electron chi connectivity index (χ0n) is 12.3. The first-order valence-corrected chi connectivity index (χ1v) is 6.52. The Morgan fingerprint density at radius 3 is 2.70 bits per heavy atom. The van der Waals surface area contributed by atoms with Crippen LogP contribution in [0.3, 0.4) is 0 Å². The minimum absolute atomic E-state index is 0.0285. The average Bonchev–Trinajstić information content (AvgIpc) is 2.40. The number of pyridine rings is 1. The largest absolute Gasteiger partial charge is 0.398 e. The van der Waals surface area contributed by atoms with Gasteiger partial charge in [-0.05, 0) is 32.0 Å². The molecule has 0 aliphatic rings. The highest BCUT2D eigenvalue weighted by Gasteiger charge is 2.16. The van der Waals surface area contributed by atoms with Crippen LogP contribution in [0.25, 0.3) is 10.8 Å². The topological polar surface area (TPSA) is 71.2 Å². The van der Waals surface area contributed by atoms with Gasteiger partial charge in [0.15, 0.2) is 0 Å². The number of hydrogen-bond acceptors (Lipinski definition) is 4. The molecule has 2 aromatic rings. The van der Waals surface area contributed by atoms with E-state index in [9.17, 15) is 4.79 Å². The van der Waals surface area contributed by atoms with Gasteiger partial charge in [-0.25, -0.2) is 0 Å². The number of carbonyl (C=O) groups is 1. The number of hydrogen-bond donors (Lipinski definition) is 2. The average molecular weight is 272 g/mol. The number of benzene rings is 1. The number of aromatic nitrogens is 1. The number of nitrogens with two attached hydrogens (primary N) is 1. The number of aryl methyl sites for hydroxylation is 1. The SMILES string of the molecule is Cc1cc2c(NC(C)C(=O)N(C)C)ccc(N)c2cn1. The third kappa shape index (κ3) is 2.66. The molecule has 106 valence electrons. The summed E-state index contributed by atoms with van der Waals surface area (Å²) in [4.78, 5) is 17.8. The lowest BCUT2D eigenvalue weighted by atomic mass is 10.1. The second kappa shape index (κ2) is 5.36. The zero-order valence-corrected chi connectivity index (χ0v) is 12.3. The van der Waals surface area contributed by atoms with Crippen LogP contribution in [-0.4, -0.2) is 35.9 Å². The number of fused-ring (bicyclic) bond motifs is 1. The molecular weight excluding hydrogens is 252 g/mol. The molecule has 1 heterocycles. The quantitative estimate of drug-likeness (QED) is 0.838. The van der Waals surface area contributed by atoms with Gasteiger partial charge in [0.05, 0.1) is 0 Å². The maximum Gasteiger partial charge on any atom is 0.244 e. The zero-order chi connectivity index (χ0) is 14.9. The lowest BCUT2D eigenvalue weighted by Gasteiger charge is -2.20. The van der Waals surface area contributed by atoms with Gasteiger partial charge in [0, 0.05) is 48.1 Å². The van der Waals surface area contributed by atoms with Crippen molar-refractivity contribution in [1.82, 2.24) is 9.88 Å². The van der Waals surface area contributed by atoms with Gasteiger partial charge in [0.25, 0.3) is 0 Å². The van der Waals surface area contributed by atoms with Gasteiger partial charge in [0.2, 0.25) is 5.91 Å². The van der Waals surface area contributed by atoms with E-state index in [2.05, 4.69) is 10.3 Å². The summed E-state index contributed by atoms with van der Waals surface area (Å²) in [7, 11) is 3.49. The smallest absolute Gasteiger partial charge is 0.244 e. The molecule has 1 atom stereocenters. The van der Waals surface area contributed by atoms with E-state index >= 15 is 0 Å². The van der Waals surface area contributed by atoms with Crippen molar-refractivity contribution in [1.29, 1.82) is 0 Å². The van der Waals surface area contributed by atoms with Gasteiger partial charge in [-0.15, -0.1) is 0 Å². The Balaban J connectivity index is 2.42. The van der Waals surface area contributed by atoms with Gasteiger partial charge >= 0.3 is 0 Å². The van der Waals surface area contributed by atoms with Gasteiger partial charge in [0.1, 0.15) is 6.04 Å². The Morgan fingerprint density at radius 2 is 2.05 bits per heavy atom. The highest BCUT2D eigenvalue weighted by Crippen LogP contribution is 2.28. The molecule has 1 aromatic heterocycles. The molecule has 0 aliphatic heterocycles. The first kappa shape index (κ1) is 14.1. The van der Waals surface area contributed by atoms with E-state index in [-0.39, 0.29) is 11.9 Å². The summed E-state index contributed by atoms with van der Waals surface area (Å²) in [5, 5.41) is 5.12. The second-order valence-corrected chi connectivity index (χ2v) is 5.17. The maximum absolute atomic E-state index is 11.9. The van der Waals surface area contributed by atoms with E-state index in [1.807, 2.05) is 32.0 Å². The molecule has 0 fully saturated rings. The van der Waals surface area contributed by atoms with Gasteiger partial charge in [-0.1, -0.05) is 0 Å². The number of anilines is 2. The summed E-state index contributed by atoms with van der Waals surface area (Å²) >= 11 is 0. The highest BCUT2D eigenvalue weighted by atomic mass is 16.2. The Morgan fingerprint density at radius 1 is 1.35 bits per heavy atom. The summed E-state index contributed by atoms with van der Waals surface area (Å²) < 4.78 is 0. The van der Waals surface area contributed by atoms with E-state index in [0.29, 0.717) is 5.69 Å². The van der Waals surface area contributed by atoms with Crippen LogP contribution >= 0.6 is 0 Å². The van der Waals surface area contributed by atoms with Crippen LogP contribution in [0.15, 0.2) is 24.4 Å². The molecule has 1 amide bonds. The Hall–Kier alpha value is -2.30. The molecule has 2 rings (SSSR count). The molecule has 0 saturated heterocycles. The summed E-state index contributed by atoms with van der Waals surface area (Å²) in [6, 6.07) is 5.40. The van der Waals surface area contributed by atoms with Crippen LogP contribution in [-0.2, 0) is 4.79 Å². The molecule has 5 heteroatoms. The molecule has 3 N–H and O–H groups in total. The molecule has 5 nitrogen and oxygen atoms in total. The van der Waals surface area contributed by atoms with Crippen LogP contribution in [0.5, 0.6) is 0 Å². The molecule has 0 radical (unpaired) electrons. The van der Waals surface area contributed by atoms with Crippen molar-refractivity contribution in [2.75, 3.05) is 25.1 Å². The molecule has 1 unspecified atom stereocenters. The number of amides is 1. The molecule has 0 bridgehead atoms. The molecule has 1 aromatic carbocycles. The minimum Gasteiger partial charge on any atom is -0.398 e. The number of carbonyl (C=O) groups excluding carboxylic acids is 1. The monoisotopic (exact) mass is 272 g/mol. The van der Waals surface area contributed by atoms with Crippen molar-refractivity contribution in [2.45, 2.75) is 19.9 Å². The fraction of sp³-hybridized carbons (Fsp3) is 0.333. The van der Waals surface area contributed by atoms with Crippen molar-refractivity contribution in [2.24, 2.45) is 0 Å². The molecule has 0 spiro atoms. The molecule has 0 aliphatic carbocycles. The van der Waals surface area contributed by atoms with Crippen molar-refractivity contribution < 1.29 is 4.79 Å². The lowest BCUT2D eigenvalue weighted by Crippen LogP contribution is -2.36. The summed E-state index contributed by atoms with van der Waals surface area (Å²) in [6.45, 7) is 3.78. The van der Waals surface area contributed by atoms with Gasteiger partial charge in [-0.3, -0.25) is 9.78 Å². The van der Waals surface area contributed by atoms with E-state index in [1.54, 1.807) is 25.2 Å². The van der Waals surface area contributed by atoms with E-state index in [0.717, 1.165) is 22.2 Å². The fourth-order valence-corrected chi connectivity index (χ4v) is 2.17. The van der Waals surface area contributed by atoms with Crippen LogP contribution in [0.1, 0.15) is 12.6 Å². The maximum atomic E-state index is 11.9. The third-order valence-corrected chi connectivity index (χ3v) is 3.25. The van der Waals surface area contributed by atoms with Crippen molar-refractivity contribution in [3.8, 4) is 0 Å². The first-order chi connectivity index (χ1) is 9.40. The Kier molecular flexibility index (Phi) is 3.79. The summed E-state index contributed by atoms with van der Waals surface area (Å²) in [6.07, 6.45) is 1.77. The number of likely N-dealkylation sites (N-methyl/N-ethyl adjacent to an activating group) is 1. The fourth-order valence-electron chi connectivity index (χ4n) is 2.17. The van der Waals surface area contributed by atoms with Gasteiger partial charge in [-0.2, -0.15) is 0 Å². The predicted molar refractivity (Wildman–Crippen MR) is 82.7 cm³/mol. The third-order valence-electron chi connectivity index (χ3n) is 3.25. The summed E-state index contributed by atoms with van der Waals surface area (Å²) in [5.74, 6) is 0.0285. The number of rotatable bonds is 3. The number of nitrogens with one attached hydrogen (secondary N) is 1. The number of nitrogen functional groups attached to an aromatic ring is 1. The molecule has 0 saturated carbocycles. The van der Waals surface area contributed by atoms with Crippen LogP contribution < -0.4 is 11.1 Å². The minimum atomic E-state index is -0.301.